The van der Waals surface area contributed by atoms with E-state index in [1.165, 1.54) is 6.07 Å². The first-order valence-electron chi connectivity index (χ1n) is 5.40. The van der Waals surface area contributed by atoms with Crippen LogP contribution in [0.4, 0.5) is 10.1 Å². The Morgan fingerprint density at radius 1 is 1.29 bits per heavy atom. The number of aryl methyl sites for hydroxylation is 2. The normalized spacial score (nSPS) is 10.9. The number of nitrogens with zero attached hydrogens (tertiary/aromatic N) is 1. The molecule has 1 N–H and O–H groups in total. The van der Waals surface area contributed by atoms with Gasteiger partial charge in [0.2, 0.25) is 0 Å². The third-order valence-electron chi connectivity index (χ3n) is 3.08. The number of hydrogen-bond acceptors (Lipinski definition) is 2. The van der Waals surface area contributed by atoms with E-state index in [0.717, 1.165) is 33.4 Å². The van der Waals surface area contributed by atoms with Crippen molar-refractivity contribution in [3.05, 3.63) is 33.2 Å². The minimum atomic E-state index is -0.253. The van der Waals surface area contributed by atoms with Crippen LogP contribution in [0.3, 0.4) is 0 Å². The molecule has 0 unspecified atom stereocenters. The molecule has 0 saturated carbocycles. The standard InChI is InChI=1S/C13H14BrFN2/c1-6-5-9(15)11(14)10-12(6)17-8(3)7(2)13(10)16-4/h5H,1-4H3,(H,16,17). The fourth-order valence-electron chi connectivity index (χ4n) is 2.05. The molecule has 1 aromatic carbocycles. The number of pyridine rings is 1. The van der Waals surface area contributed by atoms with E-state index in [0.29, 0.717) is 4.47 Å². The summed E-state index contributed by atoms with van der Waals surface area (Å²) in [5.41, 5.74) is 4.63. The van der Waals surface area contributed by atoms with Gasteiger partial charge >= 0.3 is 0 Å². The molecule has 2 rings (SSSR count). The Hall–Kier alpha value is -1.16. The molecule has 90 valence electrons. The molecule has 0 atom stereocenters. The van der Waals surface area contributed by atoms with Crippen LogP contribution in [0.1, 0.15) is 16.8 Å². The Balaban J connectivity index is 3.06. The molecule has 0 bridgehead atoms. The number of hydrogen-bond donors (Lipinski definition) is 1. The van der Waals surface area contributed by atoms with Gasteiger partial charge in [-0.2, -0.15) is 0 Å². The van der Waals surface area contributed by atoms with Crippen LogP contribution in [0.25, 0.3) is 10.9 Å². The maximum absolute atomic E-state index is 13.8. The van der Waals surface area contributed by atoms with Gasteiger partial charge in [-0.05, 0) is 53.9 Å². The lowest BCUT2D eigenvalue weighted by Gasteiger charge is -2.15. The van der Waals surface area contributed by atoms with Gasteiger partial charge in [0, 0.05) is 23.8 Å². The Kier molecular flexibility index (Phi) is 3.08. The van der Waals surface area contributed by atoms with Crippen LogP contribution in [0.2, 0.25) is 0 Å². The molecule has 1 aromatic heterocycles. The molecule has 0 saturated heterocycles. The third-order valence-corrected chi connectivity index (χ3v) is 3.86. The lowest BCUT2D eigenvalue weighted by molar-refractivity contribution is 0.622. The molecule has 0 aliphatic rings. The first kappa shape index (κ1) is 12.3. The van der Waals surface area contributed by atoms with Crippen LogP contribution in [0.5, 0.6) is 0 Å². The van der Waals surface area contributed by atoms with Crippen LogP contribution in [0.15, 0.2) is 10.5 Å². The SMILES string of the molecule is CNc1c(C)c(C)nc2c(C)cc(F)c(Br)c12. The first-order valence-corrected chi connectivity index (χ1v) is 6.20. The quantitative estimate of drug-likeness (QED) is 0.857. The van der Waals surface area contributed by atoms with Gasteiger partial charge in [-0.3, -0.25) is 4.98 Å². The third kappa shape index (κ3) is 1.80. The number of nitrogens with one attached hydrogen (secondary N) is 1. The Morgan fingerprint density at radius 3 is 2.53 bits per heavy atom. The van der Waals surface area contributed by atoms with Gasteiger partial charge in [0.25, 0.3) is 0 Å². The van der Waals surface area contributed by atoms with E-state index in [2.05, 4.69) is 26.2 Å². The van der Waals surface area contributed by atoms with Crippen molar-refractivity contribution < 1.29 is 4.39 Å². The van der Waals surface area contributed by atoms with Crippen molar-refractivity contribution in [2.45, 2.75) is 20.8 Å². The largest absolute Gasteiger partial charge is 0.387 e. The second-order valence-electron chi connectivity index (χ2n) is 4.16. The number of aromatic nitrogens is 1. The molecule has 2 nitrogen and oxygen atoms in total. The minimum absolute atomic E-state index is 0.253. The monoisotopic (exact) mass is 296 g/mol. The molecule has 0 aliphatic heterocycles. The highest BCUT2D eigenvalue weighted by Crippen LogP contribution is 2.36. The molecule has 4 heteroatoms. The maximum Gasteiger partial charge on any atom is 0.138 e. The molecule has 17 heavy (non-hydrogen) atoms. The van der Waals surface area contributed by atoms with Gasteiger partial charge in [0.15, 0.2) is 0 Å². The zero-order valence-corrected chi connectivity index (χ0v) is 11.9. The van der Waals surface area contributed by atoms with Crippen LogP contribution in [0, 0.1) is 26.6 Å². The summed E-state index contributed by atoms with van der Waals surface area (Å²) in [4.78, 5) is 4.55. The highest BCUT2D eigenvalue weighted by atomic mass is 79.9. The van der Waals surface area contributed by atoms with Gasteiger partial charge in [-0.1, -0.05) is 0 Å². The van der Waals surface area contributed by atoms with Crippen molar-refractivity contribution in [1.82, 2.24) is 4.98 Å². The van der Waals surface area contributed by atoms with E-state index in [4.69, 9.17) is 0 Å². The zero-order chi connectivity index (χ0) is 12.7. The van der Waals surface area contributed by atoms with E-state index in [1.54, 1.807) is 0 Å². The second kappa shape index (κ2) is 4.26. The fourth-order valence-corrected chi connectivity index (χ4v) is 2.55. The Labute approximate surface area is 108 Å². The average Bonchev–Trinajstić information content (AvgIpc) is 2.28. The van der Waals surface area contributed by atoms with E-state index in [9.17, 15) is 4.39 Å². The van der Waals surface area contributed by atoms with Crippen molar-refractivity contribution in [2.75, 3.05) is 12.4 Å². The number of benzene rings is 1. The number of fused-ring (bicyclic) bond motifs is 1. The first-order chi connectivity index (χ1) is 7.97. The van der Waals surface area contributed by atoms with E-state index in [-0.39, 0.29) is 5.82 Å². The highest BCUT2D eigenvalue weighted by Gasteiger charge is 2.15. The summed E-state index contributed by atoms with van der Waals surface area (Å²) in [6, 6.07) is 1.51. The second-order valence-corrected chi connectivity index (χ2v) is 4.95. The van der Waals surface area contributed by atoms with Gasteiger partial charge < -0.3 is 5.32 Å². The molecule has 1 heterocycles. The molecule has 0 radical (unpaired) electrons. The Morgan fingerprint density at radius 2 is 1.94 bits per heavy atom. The van der Waals surface area contributed by atoms with Crippen molar-refractivity contribution in [1.29, 1.82) is 0 Å². The van der Waals surface area contributed by atoms with E-state index < -0.39 is 0 Å². The van der Waals surface area contributed by atoms with E-state index in [1.807, 2.05) is 27.8 Å². The molecular weight excluding hydrogens is 283 g/mol. The molecular formula is C13H14BrFN2. The lowest BCUT2D eigenvalue weighted by Crippen LogP contribution is -2.01. The summed E-state index contributed by atoms with van der Waals surface area (Å²) < 4.78 is 14.2. The van der Waals surface area contributed by atoms with Gasteiger partial charge in [-0.15, -0.1) is 0 Å². The summed E-state index contributed by atoms with van der Waals surface area (Å²) in [6.45, 7) is 5.83. The van der Waals surface area contributed by atoms with Crippen LogP contribution >= 0.6 is 15.9 Å². The van der Waals surface area contributed by atoms with Gasteiger partial charge in [0.05, 0.1) is 9.99 Å². The zero-order valence-electron chi connectivity index (χ0n) is 10.3. The molecule has 0 fully saturated rings. The summed E-state index contributed by atoms with van der Waals surface area (Å²) in [5.74, 6) is -0.253. The fraction of sp³-hybridized carbons (Fsp3) is 0.308. The van der Waals surface area contributed by atoms with Crippen LogP contribution in [-0.2, 0) is 0 Å². The number of rotatable bonds is 1. The Bertz CT molecular complexity index is 608. The predicted octanol–water partition coefficient (Wildman–Crippen LogP) is 4.10. The molecule has 2 aromatic rings. The summed E-state index contributed by atoms with van der Waals surface area (Å²) in [6.07, 6.45) is 0. The molecule has 0 amide bonds. The molecule has 0 spiro atoms. The van der Waals surface area contributed by atoms with Gasteiger partial charge in [-0.25, -0.2) is 4.39 Å². The number of halogens is 2. The van der Waals surface area contributed by atoms with Crippen molar-refractivity contribution in [3.63, 3.8) is 0 Å². The number of anilines is 1. The van der Waals surface area contributed by atoms with Crippen LogP contribution in [-0.4, -0.2) is 12.0 Å². The van der Waals surface area contributed by atoms with Gasteiger partial charge in [0.1, 0.15) is 5.82 Å². The van der Waals surface area contributed by atoms with Crippen molar-refractivity contribution >= 4 is 32.5 Å². The minimum Gasteiger partial charge on any atom is -0.387 e. The van der Waals surface area contributed by atoms with Crippen molar-refractivity contribution in [2.24, 2.45) is 0 Å². The van der Waals surface area contributed by atoms with Crippen molar-refractivity contribution in [3.8, 4) is 0 Å². The topological polar surface area (TPSA) is 24.9 Å². The smallest absolute Gasteiger partial charge is 0.138 e. The maximum atomic E-state index is 13.8. The molecule has 0 aliphatic carbocycles. The summed E-state index contributed by atoms with van der Waals surface area (Å²) in [5, 5.41) is 3.95. The van der Waals surface area contributed by atoms with Crippen LogP contribution < -0.4 is 5.32 Å². The predicted molar refractivity (Wildman–Crippen MR) is 73.2 cm³/mol. The average molecular weight is 297 g/mol. The summed E-state index contributed by atoms with van der Waals surface area (Å²) in [7, 11) is 1.84. The lowest BCUT2D eigenvalue weighted by atomic mass is 10.0. The van der Waals surface area contributed by atoms with E-state index >= 15 is 0 Å². The summed E-state index contributed by atoms with van der Waals surface area (Å²) >= 11 is 3.31. The highest BCUT2D eigenvalue weighted by molar-refractivity contribution is 9.10.